The molecule has 0 radical (unpaired) electrons. The average molecular weight is 357 g/mol. The van der Waals surface area contributed by atoms with Crippen molar-refractivity contribution in [1.29, 1.82) is 0 Å². The van der Waals surface area contributed by atoms with Gasteiger partial charge in [-0.25, -0.2) is 0 Å². The lowest BCUT2D eigenvalue weighted by Crippen LogP contribution is -2.48. The highest BCUT2D eigenvalue weighted by molar-refractivity contribution is 7.99. The molecule has 0 unspecified atom stereocenters. The Bertz CT molecular complexity index is 725. The average Bonchev–Trinajstić information content (AvgIpc) is 3.26. The molecule has 0 aliphatic carbocycles. The minimum Gasteiger partial charge on any atom is -0.374 e. The Hall–Kier alpha value is -1.79. The minimum absolute atomic E-state index is 0.0155. The number of hydrogen-bond donors (Lipinski definition) is 1. The van der Waals surface area contributed by atoms with E-state index in [1.54, 1.807) is 6.20 Å². The van der Waals surface area contributed by atoms with Gasteiger partial charge in [-0.3, -0.25) is 9.48 Å². The molecule has 0 saturated carbocycles. The number of nitrogens with zero attached hydrogens (tertiary/aromatic N) is 2. The largest absolute Gasteiger partial charge is 0.374 e. The topological polar surface area (TPSA) is 56.1 Å². The Morgan fingerprint density at radius 1 is 1.40 bits per heavy atom. The predicted octanol–water partition coefficient (Wildman–Crippen LogP) is 2.72. The molecule has 5 nitrogen and oxygen atoms in total. The summed E-state index contributed by atoms with van der Waals surface area (Å²) in [5.74, 6) is 2.17. The standard InChI is InChI=1S/C19H23N3O2S/c23-18(21-17-6-8-24-19(10-17)7-9-25-14-19)16-11-20-22(13-16)12-15-4-2-1-3-5-15/h1-5,11,13,17H,6-10,12,14H2,(H,21,23)/t17-,19-/m1/s1. The smallest absolute Gasteiger partial charge is 0.254 e. The number of nitrogens with one attached hydrogen (secondary N) is 1. The molecule has 4 rings (SSSR count). The highest BCUT2D eigenvalue weighted by Crippen LogP contribution is 2.38. The molecule has 3 heterocycles. The first-order valence-electron chi connectivity index (χ1n) is 8.81. The van der Waals surface area contributed by atoms with E-state index in [0.29, 0.717) is 12.1 Å². The number of amides is 1. The van der Waals surface area contributed by atoms with Crippen molar-refractivity contribution in [2.45, 2.75) is 37.5 Å². The quantitative estimate of drug-likeness (QED) is 0.914. The van der Waals surface area contributed by atoms with Crippen LogP contribution in [0.5, 0.6) is 0 Å². The summed E-state index contributed by atoms with van der Waals surface area (Å²) >= 11 is 1.95. The second-order valence-corrected chi connectivity index (χ2v) is 8.01. The van der Waals surface area contributed by atoms with Crippen molar-refractivity contribution in [1.82, 2.24) is 15.1 Å². The molecule has 2 aliphatic rings. The third-order valence-electron chi connectivity index (χ3n) is 4.98. The lowest BCUT2D eigenvalue weighted by Gasteiger charge is -2.37. The van der Waals surface area contributed by atoms with E-state index in [9.17, 15) is 4.79 Å². The molecule has 132 valence electrons. The summed E-state index contributed by atoms with van der Waals surface area (Å²) in [6.07, 6.45) is 6.38. The van der Waals surface area contributed by atoms with Crippen LogP contribution in [0.2, 0.25) is 0 Å². The predicted molar refractivity (Wildman–Crippen MR) is 98.9 cm³/mol. The molecular weight excluding hydrogens is 334 g/mol. The van der Waals surface area contributed by atoms with Crippen molar-refractivity contribution in [3.63, 3.8) is 0 Å². The fraction of sp³-hybridized carbons (Fsp3) is 0.474. The van der Waals surface area contributed by atoms with Crippen molar-refractivity contribution in [2.24, 2.45) is 0 Å². The van der Waals surface area contributed by atoms with Crippen LogP contribution in [0.4, 0.5) is 0 Å². The van der Waals surface area contributed by atoms with Crippen LogP contribution in [0.25, 0.3) is 0 Å². The summed E-state index contributed by atoms with van der Waals surface area (Å²) in [4.78, 5) is 12.6. The van der Waals surface area contributed by atoms with Crippen LogP contribution in [-0.2, 0) is 11.3 Å². The molecular formula is C19H23N3O2S. The maximum absolute atomic E-state index is 12.6. The van der Waals surface area contributed by atoms with Gasteiger partial charge in [0.2, 0.25) is 0 Å². The van der Waals surface area contributed by atoms with Gasteiger partial charge < -0.3 is 10.1 Å². The van der Waals surface area contributed by atoms with Crippen LogP contribution in [-0.4, -0.2) is 45.4 Å². The normalized spacial score (nSPS) is 26.0. The molecule has 2 aliphatic heterocycles. The molecule has 1 spiro atoms. The maximum atomic E-state index is 12.6. The van der Waals surface area contributed by atoms with Gasteiger partial charge in [-0.1, -0.05) is 30.3 Å². The maximum Gasteiger partial charge on any atom is 0.254 e. The number of thioether (sulfide) groups is 1. The SMILES string of the molecule is O=C(N[C@@H]1CCO[C@]2(CCSC2)C1)c1cnn(Cc2ccccc2)c1. The Balaban J connectivity index is 1.36. The number of benzene rings is 1. The van der Waals surface area contributed by atoms with E-state index in [4.69, 9.17) is 4.74 Å². The van der Waals surface area contributed by atoms with Crippen molar-refractivity contribution >= 4 is 17.7 Å². The number of hydrogen-bond acceptors (Lipinski definition) is 4. The van der Waals surface area contributed by atoms with E-state index < -0.39 is 0 Å². The molecule has 2 saturated heterocycles. The van der Waals surface area contributed by atoms with Gasteiger partial charge in [-0.2, -0.15) is 16.9 Å². The van der Waals surface area contributed by atoms with Crippen LogP contribution in [0.15, 0.2) is 42.7 Å². The third-order valence-corrected chi connectivity index (χ3v) is 6.20. The first-order valence-corrected chi connectivity index (χ1v) is 9.97. The number of carbonyl (C=O) groups is 1. The van der Waals surface area contributed by atoms with Crippen LogP contribution >= 0.6 is 11.8 Å². The molecule has 2 fully saturated rings. The Morgan fingerprint density at radius 3 is 3.08 bits per heavy atom. The first-order chi connectivity index (χ1) is 12.2. The minimum atomic E-state index is -0.0352. The molecule has 1 aromatic heterocycles. The zero-order valence-electron chi connectivity index (χ0n) is 14.2. The van der Waals surface area contributed by atoms with Crippen LogP contribution in [0.1, 0.15) is 35.2 Å². The first kappa shape index (κ1) is 16.7. The molecule has 2 aromatic rings. The fourth-order valence-corrected chi connectivity index (χ4v) is 5.00. The van der Waals surface area contributed by atoms with E-state index >= 15 is 0 Å². The van der Waals surface area contributed by atoms with Gasteiger partial charge in [0.1, 0.15) is 0 Å². The summed E-state index contributed by atoms with van der Waals surface area (Å²) in [5.41, 5.74) is 1.78. The highest BCUT2D eigenvalue weighted by Gasteiger charge is 2.40. The molecule has 1 amide bonds. The van der Waals surface area contributed by atoms with E-state index in [-0.39, 0.29) is 17.6 Å². The lowest BCUT2D eigenvalue weighted by atomic mass is 9.90. The summed E-state index contributed by atoms with van der Waals surface area (Å²) in [6, 6.07) is 10.3. The van der Waals surface area contributed by atoms with E-state index in [1.807, 2.05) is 40.8 Å². The van der Waals surface area contributed by atoms with Gasteiger partial charge in [0.05, 0.1) is 23.9 Å². The number of ether oxygens (including phenoxy) is 1. The van der Waals surface area contributed by atoms with Gasteiger partial charge in [0.25, 0.3) is 5.91 Å². The summed E-state index contributed by atoms with van der Waals surface area (Å²) < 4.78 is 7.83. The zero-order chi connectivity index (χ0) is 17.1. The van der Waals surface area contributed by atoms with Gasteiger partial charge in [-0.05, 0) is 30.6 Å². The van der Waals surface area contributed by atoms with Gasteiger partial charge >= 0.3 is 0 Å². The van der Waals surface area contributed by atoms with Crippen LogP contribution in [0.3, 0.4) is 0 Å². The Kier molecular flexibility index (Phi) is 4.81. The van der Waals surface area contributed by atoms with E-state index in [0.717, 1.165) is 37.4 Å². The fourth-order valence-electron chi connectivity index (χ4n) is 3.62. The molecule has 2 atom stereocenters. The summed E-state index contributed by atoms with van der Waals surface area (Å²) in [6.45, 7) is 1.41. The van der Waals surface area contributed by atoms with E-state index in [2.05, 4.69) is 22.5 Å². The number of aromatic nitrogens is 2. The van der Waals surface area contributed by atoms with Crippen molar-refractivity contribution in [2.75, 3.05) is 18.1 Å². The molecule has 1 N–H and O–H groups in total. The van der Waals surface area contributed by atoms with Crippen LogP contribution in [0, 0.1) is 0 Å². The molecule has 1 aromatic carbocycles. The van der Waals surface area contributed by atoms with E-state index in [1.165, 1.54) is 5.56 Å². The van der Waals surface area contributed by atoms with Crippen molar-refractivity contribution < 1.29 is 9.53 Å². The summed E-state index contributed by atoms with van der Waals surface area (Å²) in [7, 11) is 0. The number of carbonyl (C=O) groups excluding carboxylic acids is 1. The third kappa shape index (κ3) is 3.90. The molecule has 6 heteroatoms. The molecule has 25 heavy (non-hydrogen) atoms. The Labute approximate surface area is 152 Å². The second-order valence-electron chi connectivity index (χ2n) is 6.91. The zero-order valence-corrected chi connectivity index (χ0v) is 15.0. The molecule has 0 bridgehead atoms. The number of rotatable bonds is 4. The Morgan fingerprint density at radius 2 is 2.28 bits per heavy atom. The second kappa shape index (κ2) is 7.22. The van der Waals surface area contributed by atoms with Gasteiger partial charge in [-0.15, -0.1) is 0 Å². The van der Waals surface area contributed by atoms with Crippen LogP contribution < -0.4 is 5.32 Å². The summed E-state index contributed by atoms with van der Waals surface area (Å²) in [5, 5.41) is 7.51. The van der Waals surface area contributed by atoms with Gasteiger partial charge in [0.15, 0.2) is 0 Å². The van der Waals surface area contributed by atoms with Crippen molar-refractivity contribution in [3.8, 4) is 0 Å². The highest BCUT2D eigenvalue weighted by atomic mass is 32.2. The van der Waals surface area contributed by atoms with Gasteiger partial charge in [0, 0.05) is 24.6 Å². The lowest BCUT2D eigenvalue weighted by molar-refractivity contribution is -0.0688. The monoisotopic (exact) mass is 357 g/mol. The van der Waals surface area contributed by atoms with Crippen molar-refractivity contribution in [3.05, 3.63) is 53.9 Å².